The summed E-state index contributed by atoms with van der Waals surface area (Å²) in [5, 5.41) is 81.1. The summed E-state index contributed by atoms with van der Waals surface area (Å²) in [6.07, 6.45) is -12.2. The fourth-order valence-electron chi connectivity index (χ4n) is 8.13. The molecule has 0 bridgehead atoms. The number of likely N-dealkylation sites (tertiary alicyclic amines) is 1. The number of ether oxygens (including phenoxy) is 3. The minimum atomic E-state index is -1.54. The minimum absolute atomic E-state index is 0.0680. The SMILES string of the molecule is O=C(CN1CCOCC1)N1CCC2(CC1)c1cc(C#CC3OC(CO)C(O)C(O)C3O)ccc1-c1ccc(C#CC3OC(CO)C(O)C(O)C3O)cc12. The predicted octanol–water partition coefficient (Wildman–Crippen LogP) is -2.70. The van der Waals surface area contributed by atoms with Crippen LogP contribution in [0.5, 0.6) is 0 Å². The van der Waals surface area contributed by atoms with Crippen molar-refractivity contribution in [3.05, 3.63) is 58.7 Å². The molecule has 1 amide bonds. The summed E-state index contributed by atoms with van der Waals surface area (Å²) >= 11 is 0. The Hall–Kier alpha value is -3.45. The topological polar surface area (TPSA) is 213 Å². The first-order valence-corrected chi connectivity index (χ1v) is 18.1. The highest BCUT2D eigenvalue weighted by Gasteiger charge is 2.47. The van der Waals surface area contributed by atoms with Crippen LogP contribution in [0.25, 0.3) is 11.1 Å². The predicted molar refractivity (Wildman–Crippen MR) is 187 cm³/mol. The zero-order chi connectivity index (χ0) is 37.4. The maximum Gasteiger partial charge on any atom is 0.236 e. The number of amides is 1. The van der Waals surface area contributed by atoms with Crippen molar-refractivity contribution in [3.63, 3.8) is 0 Å². The van der Waals surface area contributed by atoms with Crippen LogP contribution in [0.4, 0.5) is 0 Å². The van der Waals surface area contributed by atoms with Gasteiger partial charge in [-0.1, -0.05) is 35.8 Å². The van der Waals surface area contributed by atoms with E-state index in [0.29, 0.717) is 69.9 Å². The number of morpholine rings is 1. The molecule has 4 heterocycles. The quantitative estimate of drug-likeness (QED) is 0.151. The zero-order valence-electron chi connectivity index (χ0n) is 29.1. The molecule has 8 N–H and O–H groups in total. The normalized spacial score (nSPS) is 33.6. The number of piperidine rings is 1. The van der Waals surface area contributed by atoms with Crippen LogP contribution in [0.1, 0.15) is 35.1 Å². The van der Waals surface area contributed by atoms with Crippen molar-refractivity contribution in [2.75, 3.05) is 59.2 Å². The van der Waals surface area contributed by atoms with Gasteiger partial charge in [-0.3, -0.25) is 9.69 Å². The summed E-state index contributed by atoms with van der Waals surface area (Å²) in [7, 11) is 0. The van der Waals surface area contributed by atoms with E-state index >= 15 is 0 Å². The molecule has 4 fully saturated rings. The molecule has 1 spiro atoms. The maximum atomic E-state index is 13.4. The van der Waals surface area contributed by atoms with Gasteiger partial charge in [0.25, 0.3) is 0 Å². The van der Waals surface area contributed by atoms with E-state index in [9.17, 15) is 45.6 Å². The minimum Gasteiger partial charge on any atom is -0.394 e. The highest BCUT2D eigenvalue weighted by molar-refractivity contribution is 5.83. The number of benzene rings is 2. The number of nitrogens with zero attached hydrogens (tertiary/aromatic N) is 2. The van der Waals surface area contributed by atoms with Crippen LogP contribution in [0.2, 0.25) is 0 Å². The maximum absolute atomic E-state index is 13.4. The van der Waals surface area contributed by atoms with E-state index in [4.69, 9.17) is 14.2 Å². The molecule has 284 valence electrons. The number of carbonyl (C=O) groups excluding carboxylic acids is 1. The average Bonchev–Trinajstić information content (AvgIpc) is 3.43. The molecule has 10 unspecified atom stereocenters. The number of aliphatic hydroxyl groups is 8. The Bertz CT molecular complexity index is 1680. The molecule has 0 saturated carbocycles. The van der Waals surface area contributed by atoms with Gasteiger partial charge in [0.15, 0.2) is 0 Å². The zero-order valence-corrected chi connectivity index (χ0v) is 29.1. The average molecular weight is 735 g/mol. The molecule has 4 saturated heterocycles. The number of hydrogen-bond donors (Lipinski definition) is 8. The van der Waals surface area contributed by atoms with Crippen molar-refractivity contribution in [3.8, 4) is 34.8 Å². The lowest BCUT2D eigenvalue weighted by Crippen LogP contribution is -2.58. The van der Waals surface area contributed by atoms with Gasteiger partial charge in [-0.15, -0.1) is 0 Å². The van der Waals surface area contributed by atoms with Gasteiger partial charge in [0.2, 0.25) is 5.91 Å². The fraction of sp³-hybridized carbons (Fsp3) is 0.564. The Morgan fingerprint density at radius 1 is 0.679 bits per heavy atom. The standard InChI is InChI=1S/C39H46N2O12/c42-20-30-35(47)37(49)33(45)28(52-30)7-3-22-1-5-24-25-6-2-23(4-8-29-34(46)38(50)36(48)31(21-43)53-29)18-27(25)39(26(24)17-22)9-11-41(12-10-39)32(44)19-40-13-15-51-16-14-40/h1-2,5-6,17-18,28-31,33-38,42-43,45-50H,9-16,19-21H2. The lowest BCUT2D eigenvalue weighted by Gasteiger charge is -2.41. The second kappa shape index (κ2) is 15.7. The third kappa shape index (κ3) is 7.24. The third-order valence-corrected chi connectivity index (χ3v) is 11.3. The molecular formula is C39H46N2O12. The summed E-state index contributed by atoms with van der Waals surface area (Å²) in [4.78, 5) is 17.4. The Labute approximate surface area is 307 Å². The highest BCUT2D eigenvalue weighted by atomic mass is 16.6. The van der Waals surface area contributed by atoms with Gasteiger partial charge in [-0.25, -0.2) is 0 Å². The molecule has 2 aromatic rings. The smallest absolute Gasteiger partial charge is 0.236 e. The van der Waals surface area contributed by atoms with E-state index < -0.39 is 79.7 Å². The first-order chi connectivity index (χ1) is 25.5. The van der Waals surface area contributed by atoms with E-state index in [0.717, 1.165) is 22.3 Å². The molecule has 14 nitrogen and oxygen atoms in total. The number of fused-ring (bicyclic) bond motifs is 5. The summed E-state index contributed by atoms with van der Waals surface area (Å²) in [6, 6.07) is 11.7. The molecule has 7 rings (SSSR count). The Morgan fingerprint density at radius 3 is 1.60 bits per heavy atom. The van der Waals surface area contributed by atoms with Crippen LogP contribution in [0, 0.1) is 23.7 Å². The van der Waals surface area contributed by atoms with Gasteiger partial charge in [-0.05, 0) is 59.4 Å². The van der Waals surface area contributed by atoms with Crippen molar-refractivity contribution >= 4 is 5.91 Å². The molecule has 1 aliphatic carbocycles. The van der Waals surface area contributed by atoms with Crippen LogP contribution in [0.15, 0.2) is 36.4 Å². The van der Waals surface area contributed by atoms with E-state index in [-0.39, 0.29) is 5.91 Å². The van der Waals surface area contributed by atoms with E-state index in [1.165, 1.54) is 0 Å². The first kappa shape index (κ1) is 37.8. The molecule has 0 radical (unpaired) electrons. The Kier molecular flexibility index (Phi) is 11.2. The van der Waals surface area contributed by atoms with Crippen LogP contribution < -0.4 is 0 Å². The van der Waals surface area contributed by atoms with Crippen LogP contribution >= 0.6 is 0 Å². The molecular weight excluding hydrogens is 688 g/mol. The number of hydrogen-bond acceptors (Lipinski definition) is 13. The Morgan fingerprint density at radius 2 is 1.15 bits per heavy atom. The van der Waals surface area contributed by atoms with Gasteiger partial charge in [0, 0.05) is 42.7 Å². The molecule has 0 aromatic heterocycles. The largest absolute Gasteiger partial charge is 0.394 e. The van der Waals surface area contributed by atoms with Gasteiger partial charge in [0.05, 0.1) is 33.0 Å². The van der Waals surface area contributed by atoms with E-state index in [1.807, 2.05) is 41.3 Å². The van der Waals surface area contributed by atoms with Crippen LogP contribution in [-0.4, -0.2) is 177 Å². The molecule has 4 aliphatic heterocycles. The monoisotopic (exact) mass is 734 g/mol. The molecule has 14 heteroatoms. The van der Waals surface area contributed by atoms with Crippen LogP contribution in [0.3, 0.4) is 0 Å². The lowest BCUT2D eigenvalue weighted by molar-refractivity contribution is -0.214. The van der Waals surface area contributed by atoms with Gasteiger partial charge >= 0.3 is 0 Å². The second-order valence-electron chi connectivity index (χ2n) is 14.4. The van der Waals surface area contributed by atoms with Gasteiger partial charge in [0.1, 0.15) is 61.0 Å². The van der Waals surface area contributed by atoms with Crippen molar-refractivity contribution in [2.24, 2.45) is 0 Å². The van der Waals surface area contributed by atoms with Crippen molar-refractivity contribution < 1.29 is 59.9 Å². The number of aliphatic hydroxyl groups excluding tert-OH is 8. The summed E-state index contributed by atoms with van der Waals surface area (Å²) < 4.78 is 16.6. The molecule has 10 atom stereocenters. The van der Waals surface area contributed by atoms with E-state index in [2.05, 4.69) is 28.6 Å². The second-order valence-corrected chi connectivity index (χ2v) is 14.4. The van der Waals surface area contributed by atoms with E-state index in [1.54, 1.807) is 0 Å². The summed E-state index contributed by atoms with van der Waals surface area (Å²) in [6.45, 7) is 2.90. The lowest BCUT2D eigenvalue weighted by atomic mass is 9.70. The highest BCUT2D eigenvalue weighted by Crippen LogP contribution is 2.54. The van der Waals surface area contributed by atoms with Gasteiger partial charge < -0.3 is 60.0 Å². The number of rotatable bonds is 4. The molecule has 5 aliphatic rings. The fourth-order valence-corrected chi connectivity index (χ4v) is 8.13. The van der Waals surface area contributed by atoms with Gasteiger partial charge in [-0.2, -0.15) is 0 Å². The van der Waals surface area contributed by atoms with Crippen molar-refractivity contribution in [1.82, 2.24) is 9.80 Å². The first-order valence-electron chi connectivity index (χ1n) is 18.1. The van der Waals surface area contributed by atoms with Crippen LogP contribution in [-0.2, 0) is 24.4 Å². The van der Waals surface area contributed by atoms with Crippen molar-refractivity contribution in [1.29, 1.82) is 0 Å². The Balaban J connectivity index is 1.19. The molecule has 53 heavy (non-hydrogen) atoms. The third-order valence-electron chi connectivity index (χ3n) is 11.3. The number of carbonyl (C=O) groups is 1. The summed E-state index contributed by atoms with van der Waals surface area (Å²) in [5.41, 5.74) is 4.78. The van der Waals surface area contributed by atoms with Crippen molar-refractivity contribution in [2.45, 2.75) is 79.3 Å². The molecule has 2 aromatic carbocycles. The summed E-state index contributed by atoms with van der Waals surface area (Å²) in [5.74, 6) is 11.9.